The van der Waals surface area contributed by atoms with E-state index in [4.69, 9.17) is 4.74 Å². The quantitative estimate of drug-likeness (QED) is 0.305. The minimum Gasteiger partial charge on any atom is -0.466 e. The molecule has 0 aliphatic carbocycles. The predicted molar refractivity (Wildman–Crippen MR) is 132 cm³/mol. The largest absolute Gasteiger partial charge is 0.466 e. The lowest BCUT2D eigenvalue weighted by molar-refractivity contribution is -0.145. The maximum atomic E-state index is 12.6. The highest BCUT2D eigenvalue weighted by Crippen LogP contribution is 2.53. The number of carbonyl (C=O) groups is 1. The number of para-hydroxylation sites is 1. The molecule has 2 aromatic rings. The second-order valence-electron chi connectivity index (χ2n) is 10.1. The number of benzene rings is 1. The van der Waals surface area contributed by atoms with Crippen LogP contribution in [-0.4, -0.2) is 35.5 Å². The van der Waals surface area contributed by atoms with Crippen LogP contribution in [0.5, 0.6) is 0 Å². The molecule has 1 saturated heterocycles. The van der Waals surface area contributed by atoms with Gasteiger partial charge in [-0.25, -0.2) is 0 Å². The monoisotopic (exact) mass is 438 g/mol. The normalized spacial score (nSPS) is 23.1. The van der Waals surface area contributed by atoms with Crippen molar-refractivity contribution in [1.29, 1.82) is 0 Å². The number of rotatable bonds is 11. The van der Waals surface area contributed by atoms with E-state index in [0.29, 0.717) is 19.1 Å². The van der Waals surface area contributed by atoms with Gasteiger partial charge in [0.15, 0.2) is 0 Å². The van der Waals surface area contributed by atoms with Crippen LogP contribution >= 0.6 is 0 Å². The molecule has 0 saturated carbocycles. The molecule has 0 bridgehead atoms. The first-order valence-electron chi connectivity index (χ1n) is 13.2. The van der Waals surface area contributed by atoms with Crippen molar-refractivity contribution in [2.45, 2.75) is 96.9 Å². The molecule has 2 atom stereocenters. The Labute approximate surface area is 194 Å². The number of fused-ring (bicyclic) bond motifs is 5. The first-order valence-corrected chi connectivity index (χ1v) is 13.2. The standard InChI is InChI=1S/C28H42N2O2/c1-3-5-6-7-8-11-21-32-25(31)15-18-28(4-2)17-12-19-30-20-16-23-22-13-9-10-14-24(22)29-26(23)27(28)30/h9-10,13-14,27,29H,3-8,11-12,15-21H2,1-2H3. The van der Waals surface area contributed by atoms with Gasteiger partial charge in [0.25, 0.3) is 0 Å². The molecule has 32 heavy (non-hydrogen) atoms. The molecule has 2 unspecified atom stereocenters. The first kappa shape index (κ1) is 23.4. The molecular formula is C28H42N2O2. The molecule has 3 heterocycles. The van der Waals surface area contributed by atoms with Gasteiger partial charge >= 0.3 is 5.97 Å². The third kappa shape index (κ3) is 4.90. The fourth-order valence-corrected chi connectivity index (χ4v) is 6.30. The summed E-state index contributed by atoms with van der Waals surface area (Å²) in [4.78, 5) is 19.1. The second kappa shape index (κ2) is 10.9. The number of ether oxygens (including phenoxy) is 1. The van der Waals surface area contributed by atoms with Gasteiger partial charge in [-0.3, -0.25) is 9.69 Å². The van der Waals surface area contributed by atoms with E-state index >= 15 is 0 Å². The zero-order valence-electron chi connectivity index (χ0n) is 20.3. The van der Waals surface area contributed by atoms with E-state index in [1.165, 1.54) is 73.7 Å². The summed E-state index contributed by atoms with van der Waals surface area (Å²) in [5, 5.41) is 1.39. The molecule has 1 aromatic carbocycles. The molecule has 2 aliphatic rings. The first-order chi connectivity index (χ1) is 15.7. The van der Waals surface area contributed by atoms with Crippen LogP contribution in [0.2, 0.25) is 0 Å². The Morgan fingerprint density at radius 3 is 2.78 bits per heavy atom. The van der Waals surface area contributed by atoms with Crippen LogP contribution in [0.15, 0.2) is 24.3 Å². The maximum Gasteiger partial charge on any atom is 0.305 e. The minimum atomic E-state index is -0.00353. The number of nitrogens with one attached hydrogen (secondary N) is 1. The van der Waals surface area contributed by atoms with Crippen molar-refractivity contribution in [2.24, 2.45) is 5.41 Å². The van der Waals surface area contributed by atoms with Crippen molar-refractivity contribution in [3.8, 4) is 0 Å². The summed E-state index contributed by atoms with van der Waals surface area (Å²) in [7, 11) is 0. The molecule has 4 heteroatoms. The highest BCUT2D eigenvalue weighted by molar-refractivity contribution is 5.85. The van der Waals surface area contributed by atoms with Crippen LogP contribution in [0.3, 0.4) is 0 Å². The molecule has 4 nitrogen and oxygen atoms in total. The Bertz CT molecular complexity index is 889. The third-order valence-corrected chi connectivity index (χ3v) is 8.13. The van der Waals surface area contributed by atoms with E-state index in [1.807, 2.05) is 0 Å². The van der Waals surface area contributed by atoms with Crippen molar-refractivity contribution in [1.82, 2.24) is 9.88 Å². The lowest BCUT2D eigenvalue weighted by Crippen LogP contribution is -2.49. The number of hydrogen-bond acceptors (Lipinski definition) is 3. The number of esters is 1. The molecule has 1 fully saturated rings. The molecule has 2 aliphatic heterocycles. The number of aromatic amines is 1. The number of unbranched alkanes of at least 4 members (excludes halogenated alkanes) is 5. The van der Waals surface area contributed by atoms with Crippen LogP contribution in [0.1, 0.15) is 102 Å². The number of aromatic nitrogens is 1. The molecule has 0 amide bonds. The lowest BCUT2D eigenvalue weighted by Gasteiger charge is -2.52. The Kier molecular flexibility index (Phi) is 7.93. The van der Waals surface area contributed by atoms with E-state index in [0.717, 1.165) is 32.2 Å². The van der Waals surface area contributed by atoms with Gasteiger partial charge in [-0.2, -0.15) is 0 Å². The van der Waals surface area contributed by atoms with Gasteiger partial charge in [-0.1, -0.05) is 64.2 Å². The number of piperidine rings is 1. The maximum absolute atomic E-state index is 12.6. The van der Waals surface area contributed by atoms with Crippen molar-refractivity contribution in [3.63, 3.8) is 0 Å². The van der Waals surface area contributed by atoms with Gasteiger partial charge in [0.2, 0.25) is 0 Å². The van der Waals surface area contributed by atoms with Crippen LogP contribution in [0, 0.1) is 5.41 Å². The van der Waals surface area contributed by atoms with E-state index in [-0.39, 0.29) is 11.4 Å². The van der Waals surface area contributed by atoms with Crippen molar-refractivity contribution in [2.75, 3.05) is 19.7 Å². The molecule has 4 rings (SSSR count). The minimum absolute atomic E-state index is 0.00353. The average molecular weight is 439 g/mol. The molecular weight excluding hydrogens is 396 g/mol. The molecule has 1 aromatic heterocycles. The third-order valence-electron chi connectivity index (χ3n) is 8.13. The van der Waals surface area contributed by atoms with Gasteiger partial charge in [0.05, 0.1) is 12.6 Å². The van der Waals surface area contributed by atoms with Gasteiger partial charge in [-0.05, 0) is 62.1 Å². The van der Waals surface area contributed by atoms with Gasteiger partial charge in [-0.15, -0.1) is 0 Å². The molecule has 0 radical (unpaired) electrons. The van der Waals surface area contributed by atoms with Gasteiger partial charge in [0, 0.05) is 29.6 Å². The summed E-state index contributed by atoms with van der Waals surface area (Å²) in [6, 6.07) is 9.13. The van der Waals surface area contributed by atoms with Crippen LogP contribution in [0.4, 0.5) is 0 Å². The Morgan fingerprint density at radius 1 is 1.12 bits per heavy atom. The van der Waals surface area contributed by atoms with E-state index in [1.54, 1.807) is 0 Å². The molecule has 0 spiro atoms. The van der Waals surface area contributed by atoms with Crippen LogP contribution in [-0.2, 0) is 16.0 Å². The Morgan fingerprint density at radius 2 is 1.94 bits per heavy atom. The topological polar surface area (TPSA) is 45.3 Å². The number of hydrogen-bond donors (Lipinski definition) is 1. The fourth-order valence-electron chi connectivity index (χ4n) is 6.30. The number of nitrogens with zero attached hydrogens (tertiary/aromatic N) is 1. The zero-order valence-corrected chi connectivity index (χ0v) is 20.3. The average Bonchev–Trinajstić information content (AvgIpc) is 3.20. The fraction of sp³-hybridized carbons (Fsp3) is 0.679. The molecule has 176 valence electrons. The summed E-state index contributed by atoms with van der Waals surface area (Å²) in [6.07, 6.45) is 13.4. The van der Waals surface area contributed by atoms with E-state index < -0.39 is 0 Å². The summed E-state index contributed by atoms with van der Waals surface area (Å²) < 4.78 is 5.62. The van der Waals surface area contributed by atoms with Crippen molar-refractivity contribution >= 4 is 16.9 Å². The second-order valence-corrected chi connectivity index (χ2v) is 10.1. The smallest absolute Gasteiger partial charge is 0.305 e. The van der Waals surface area contributed by atoms with Crippen LogP contribution in [0.25, 0.3) is 10.9 Å². The summed E-state index contributed by atoms with van der Waals surface area (Å²) in [5.74, 6) is -0.00353. The molecule has 1 N–H and O–H groups in total. The van der Waals surface area contributed by atoms with Crippen molar-refractivity contribution in [3.05, 3.63) is 35.5 Å². The highest BCUT2D eigenvalue weighted by Gasteiger charge is 2.47. The SMILES string of the molecule is CCCCCCCCOC(=O)CCC1(CC)CCCN2CCc3c([nH]c4ccccc34)C21. The summed E-state index contributed by atoms with van der Waals surface area (Å²) >= 11 is 0. The van der Waals surface area contributed by atoms with Crippen LogP contribution < -0.4 is 0 Å². The lowest BCUT2D eigenvalue weighted by atomic mass is 9.65. The van der Waals surface area contributed by atoms with Gasteiger partial charge in [0.1, 0.15) is 0 Å². The Balaban J connectivity index is 1.40. The van der Waals surface area contributed by atoms with Crippen molar-refractivity contribution < 1.29 is 9.53 Å². The summed E-state index contributed by atoms with van der Waals surface area (Å²) in [6.45, 7) is 7.45. The number of carbonyl (C=O) groups excluding carboxylic acids is 1. The predicted octanol–water partition coefficient (Wildman–Crippen LogP) is 6.94. The Hall–Kier alpha value is -1.81. The van der Waals surface area contributed by atoms with Gasteiger partial charge < -0.3 is 9.72 Å². The van der Waals surface area contributed by atoms with E-state index in [9.17, 15) is 4.79 Å². The summed E-state index contributed by atoms with van der Waals surface area (Å²) in [5.41, 5.74) is 4.33. The number of H-pyrrole nitrogens is 1. The zero-order chi connectivity index (χ0) is 22.4. The van der Waals surface area contributed by atoms with E-state index in [2.05, 4.69) is 48.0 Å². The highest BCUT2D eigenvalue weighted by atomic mass is 16.5.